The average Bonchev–Trinajstić information content (AvgIpc) is 2.96. The van der Waals surface area contributed by atoms with Gasteiger partial charge in [-0.1, -0.05) is 41.5 Å². The maximum Gasteiger partial charge on any atom is 0.306 e. The first-order valence-corrected chi connectivity index (χ1v) is 19.8. The third-order valence-corrected chi connectivity index (χ3v) is 7.09. The molecule has 51 heavy (non-hydrogen) atoms. The number of thiol groups is 6. The molecule has 0 bridgehead atoms. The Kier molecular flexibility index (Phi) is 30.9. The van der Waals surface area contributed by atoms with Crippen LogP contribution in [0.1, 0.15) is 92.9 Å². The van der Waals surface area contributed by atoms with Crippen molar-refractivity contribution in [2.24, 2.45) is 5.41 Å². The highest BCUT2D eigenvalue weighted by molar-refractivity contribution is 7.81. The summed E-state index contributed by atoms with van der Waals surface area (Å²) in [5, 5.41) is -0.891. The first kappa shape index (κ1) is 52.0. The monoisotopic (exact) mass is 838 g/mol. The van der Waals surface area contributed by atoms with Crippen molar-refractivity contribution in [1.82, 2.24) is 0 Å². The van der Waals surface area contributed by atoms with Crippen LogP contribution in [0.5, 0.6) is 0 Å². The standard InChI is InChI=1S/C21H36O8S4.C12H22O4S2/c1-13(30)5-17(22)26-9-21(10-27-18(23)6-14(2)31,11-28-19(24)7-15(3)32)12-29-20(25)8-16(4)33;1-9(17)7-11(13)15-5-3-4-6-16-12(14)8-10(2)18/h13-16,30-33H,5-12H2,1-4H3;9-10,17-18H,3-8H2,1-2H3. The molecule has 0 saturated heterocycles. The van der Waals surface area contributed by atoms with Crippen LogP contribution in [0.2, 0.25) is 0 Å². The van der Waals surface area contributed by atoms with Crippen molar-refractivity contribution in [2.75, 3.05) is 39.6 Å². The van der Waals surface area contributed by atoms with E-state index in [0.717, 1.165) is 0 Å². The van der Waals surface area contributed by atoms with E-state index in [-0.39, 0.29) is 95.5 Å². The molecule has 0 aliphatic heterocycles. The van der Waals surface area contributed by atoms with Crippen molar-refractivity contribution in [1.29, 1.82) is 0 Å². The van der Waals surface area contributed by atoms with Gasteiger partial charge < -0.3 is 28.4 Å². The molecule has 0 saturated carbocycles. The summed E-state index contributed by atoms with van der Waals surface area (Å²) in [6, 6.07) is 0. The molecule has 0 aromatic carbocycles. The van der Waals surface area contributed by atoms with Crippen molar-refractivity contribution in [3.05, 3.63) is 0 Å². The van der Waals surface area contributed by atoms with Gasteiger partial charge in [0.1, 0.15) is 31.8 Å². The van der Waals surface area contributed by atoms with Gasteiger partial charge in [-0.3, -0.25) is 28.8 Å². The third kappa shape index (κ3) is 34.4. The van der Waals surface area contributed by atoms with Crippen LogP contribution >= 0.6 is 75.8 Å². The second-order valence-electron chi connectivity index (χ2n) is 12.6. The lowest BCUT2D eigenvalue weighted by molar-refractivity contribution is -0.170. The molecule has 0 aliphatic carbocycles. The summed E-state index contributed by atoms with van der Waals surface area (Å²) in [6.07, 6.45) is 2.20. The molecule has 0 N–H and O–H groups in total. The minimum absolute atomic E-state index is 0.0154. The highest BCUT2D eigenvalue weighted by Crippen LogP contribution is 2.23. The van der Waals surface area contributed by atoms with Gasteiger partial charge in [-0.25, -0.2) is 0 Å². The van der Waals surface area contributed by atoms with E-state index in [1.807, 2.05) is 13.8 Å². The quantitative estimate of drug-likeness (QED) is 0.0308. The van der Waals surface area contributed by atoms with Crippen LogP contribution in [0.25, 0.3) is 0 Å². The molecule has 0 rings (SSSR count). The molecule has 0 radical (unpaired) electrons. The van der Waals surface area contributed by atoms with Crippen LogP contribution < -0.4 is 0 Å². The summed E-state index contributed by atoms with van der Waals surface area (Å²) >= 11 is 24.9. The molecule has 0 fully saturated rings. The summed E-state index contributed by atoms with van der Waals surface area (Å²) in [4.78, 5) is 70.8. The predicted octanol–water partition coefficient (Wildman–Crippen LogP) is 5.25. The maximum atomic E-state index is 12.1. The number of unbranched alkanes of at least 4 members (excludes halogenated alkanes) is 1. The van der Waals surface area contributed by atoms with Gasteiger partial charge in [0.25, 0.3) is 0 Å². The minimum Gasteiger partial charge on any atom is -0.466 e. The Hall–Kier alpha value is -1.08. The van der Waals surface area contributed by atoms with Gasteiger partial charge in [0.05, 0.1) is 51.7 Å². The Morgan fingerprint density at radius 1 is 0.373 bits per heavy atom. The Morgan fingerprint density at radius 3 is 0.725 bits per heavy atom. The van der Waals surface area contributed by atoms with Gasteiger partial charge in [-0.05, 0) is 12.8 Å². The molecule has 298 valence electrons. The summed E-state index contributed by atoms with van der Waals surface area (Å²) in [7, 11) is 0. The lowest BCUT2D eigenvalue weighted by Gasteiger charge is -2.32. The second kappa shape index (κ2) is 30.3. The zero-order valence-electron chi connectivity index (χ0n) is 30.4. The molecule has 12 nitrogen and oxygen atoms in total. The van der Waals surface area contributed by atoms with Crippen molar-refractivity contribution >= 4 is 112 Å². The smallest absolute Gasteiger partial charge is 0.306 e. The fourth-order valence-electron chi connectivity index (χ4n) is 3.56. The van der Waals surface area contributed by atoms with E-state index in [1.54, 1.807) is 27.7 Å². The number of carbonyl (C=O) groups excluding carboxylic acids is 6. The van der Waals surface area contributed by atoms with Gasteiger partial charge in [-0.15, -0.1) is 0 Å². The van der Waals surface area contributed by atoms with E-state index in [9.17, 15) is 28.8 Å². The lowest BCUT2D eigenvalue weighted by Crippen LogP contribution is -2.44. The summed E-state index contributed by atoms with van der Waals surface area (Å²) in [5.74, 6) is -2.63. The van der Waals surface area contributed by atoms with E-state index in [1.165, 1.54) is 0 Å². The minimum atomic E-state index is -1.30. The molecule has 6 atom stereocenters. The van der Waals surface area contributed by atoms with Gasteiger partial charge in [0.2, 0.25) is 0 Å². The topological polar surface area (TPSA) is 158 Å². The Labute approximate surface area is 336 Å². The molecule has 0 aromatic rings. The fourth-order valence-corrected chi connectivity index (χ4v) is 4.46. The molecule has 6 unspecified atom stereocenters. The van der Waals surface area contributed by atoms with E-state index in [2.05, 4.69) is 75.8 Å². The largest absolute Gasteiger partial charge is 0.466 e. The fraction of sp³-hybridized carbons (Fsp3) is 0.818. The zero-order chi connectivity index (χ0) is 39.6. The van der Waals surface area contributed by atoms with Crippen LogP contribution in [0, 0.1) is 5.41 Å². The van der Waals surface area contributed by atoms with Gasteiger partial charge in [0, 0.05) is 31.5 Å². The lowest BCUT2D eigenvalue weighted by atomic mass is 9.92. The highest BCUT2D eigenvalue weighted by atomic mass is 32.1. The van der Waals surface area contributed by atoms with Crippen LogP contribution in [0.3, 0.4) is 0 Å². The molecular formula is C33H58O12S6. The Morgan fingerprint density at radius 2 is 0.549 bits per heavy atom. The number of carbonyl (C=O) groups is 6. The zero-order valence-corrected chi connectivity index (χ0v) is 35.8. The molecule has 0 aromatic heterocycles. The molecule has 0 aliphatic rings. The van der Waals surface area contributed by atoms with Crippen molar-refractivity contribution in [3.63, 3.8) is 0 Å². The van der Waals surface area contributed by atoms with Crippen molar-refractivity contribution in [3.8, 4) is 0 Å². The summed E-state index contributed by atoms with van der Waals surface area (Å²) in [6.45, 7) is 10.1. The summed E-state index contributed by atoms with van der Waals surface area (Å²) < 4.78 is 31.4. The third-order valence-electron chi connectivity index (χ3n) is 5.99. The maximum absolute atomic E-state index is 12.1. The average molecular weight is 839 g/mol. The van der Waals surface area contributed by atoms with Gasteiger partial charge >= 0.3 is 35.8 Å². The van der Waals surface area contributed by atoms with E-state index in [0.29, 0.717) is 38.9 Å². The second-order valence-corrected chi connectivity index (χ2v) is 17.9. The normalized spacial score (nSPS) is 15.5. The number of hydrogen-bond acceptors (Lipinski definition) is 18. The molecule has 0 heterocycles. The van der Waals surface area contributed by atoms with Crippen LogP contribution in [-0.4, -0.2) is 107 Å². The number of esters is 6. The Bertz CT molecular complexity index is 902. The number of ether oxygens (including phenoxy) is 6. The van der Waals surface area contributed by atoms with E-state index in [4.69, 9.17) is 28.4 Å². The predicted molar refractivity (Wildman–Crippen MR) is 216 cm³/mol. The Balaban J connectivity index is 0. The van der Waals surface area contributed by atoms with Crippen LogP contribution in [0.4, 0.5) is 0 Å². The first-order chi connectivity index (χ1) is 23.7. The molecular weight excluding hydrogens is 781 g/mol. The molecule has 0 amide bonds. The molecule has 18 heteroatoms. The van der Waals surface area contributed by atoms with Crippen molar-refractivity contribution in [2.45, 2.75) is 124 Å². The van der Waals surface area contributed by atoms with Crippen molar-refractivity contribution < 1.29 is 57.2 Å². The SMILES string of the molecule is CC(S)CC(=O)OCC(COC(=O)CC(C)S)(COC(=O)CC(C)S)COC(=O)CC(C)S.CC(S)CC(=O)OCCCCOC(=O)CC(C)S. The highest BCUT2D eigenvalue weighted by Gasteiger charge is 2.38. The van der Waals surface area contributed by atoms with Gasteiger partial charge in [-0.2, -0.15) is 75.8 Å². The number of hydrogen-bond donors (Lipinski definition) is 6. The van der Waals surface area contributed by atoms with Gasteiger partial charge in [0.15, 0.2) is 0 Å². The molecule has 0 spiro atoms. The first-order valence-electron chi connectivity index (χ1n) is 16.7. The number of rotatable bonds is 25. The van der Waals surface area contributed by atoms with E-state index >= 15 is 0 Å². The van der Waals surface area contributed by atoms with Crippen LogP contribution in [-0.2, 0) is 57.2 Å². The van der Waals surface area contributed by atoms with Crippen LogP contribution in [0.15, 0.2) is 0 Å². The summed E-state index contributed by atoms with van der Waals surface area (Å²) in [5.41, 5.74) is -1.30. The van der Waals surface area contributed by atoms with E-state index < -0.39 is 29.3 Å².